The topological polar surface area (TPSA) is 52.6 Å². The summed E-state index contributed by atoms with van der Waals surface area (Å²) < 4.78 is 109. The van der Waals surface area contributed by atoms with Crippen LogP contribution in [0.2, 0.25) is 0 Å². The molecule has 0 heterocycles. The van der Waals surface area contributed by atoms with Gasteiger partial charge in [0, 0.05) is 0 Å². The quantitative estimate of drug-likeness (QED) is 0.298. The number of ether oxygens (including phenoxy) is 2. The third kappa shape index (κ3) is 9.59. The van der Waals surface area contributed by atoms with E-state index in [-0.39, 0.29) is 23.9 Å². The SMILES string of the molecule is CCC(C)C(=O)OC(C)(C)C.CCC(C)C(=O)OCC(F)(F)C(F)(F)C(F)(F)C(F)F. The van der Waals surface area contributed by atoms with Gasteiger partial charge >= 0.3 is 36.1 Å². The smallest absolute Gasteiger partial charge is 0.381 e. The standard InChI is InChI=1S/C10H12F8O2.C9H18O2/c1-3-5(2)6(19)20-4-8(13,14)10(17,18)9(15,16)7(11)12;1-6-7(2)8(10)11-9(3,4)5/h5,7H,3-4H2,1-2H3;7H,6H2,1-5H3. The van der Waals surface area contributed by atoms with E-state index in [4.69, 9.17) is 4.74 Å². The summed E-state index contributed by atoms with van der Waals surface area (Å²) in [5, 5.41) is 0. The van der Waals surface area contributed by atoms with E-state index in [1.807, 2.05) is 34.6 Å². The summed E-state index contributed by atoms with van der Waals surface area (Å²) in [7, 11) is 0. The molecule has 0 rings (SSSR count). The predicted molar refractivity (Wildman–Crippen MR) is 96.6 cm³/mol. The molecule has 0 saturated heterocycles. The molecule has 0 spiro atoms. The molecule has 2 atom stereocenters. The molecule has 12 heteroatoms. The molecule has 0 aliphatic carbocycles. The van der Waals surface area contributed by atoms with Crippen LogP contribution in [-0.2, 0) is 19.1 Å². The second-order valence-electron chi connectivity index (χ2n) is 7.96. The van der Waals surface area contributed by atoms with Crippen LogP contribution in [0.5, 0.6) is 0 Å². The fraction of sp³-hybridized carbons (Fsp3) is 0.895. The molecule has 0 aromatic rings. The zero-order valence-electron chi connectivity index (χ0n) is 18.5. The van der Waals surface area contributed by atoms with Crippen LogP contribution in [0, 0.1) is 11.8 Å². The lowest BCUT2D eigenvalue weighted by Gasteiger charge is -2.31. The van der Waals surface area contributed by atoms with Gasteiger partial charge in [-0.3, -0.25) is 9.59 Å². The van der Waals surface area contributed by atoms with Gasteiger partial charge in [-0.25, -0.2) is 8.78 Å². The van der Waals surface area contributed by atoms with Crippen molar-refractivity contribution in [3.8, 4) is 0 Å². The lowest BCUT2D eigenvalue weighted by Crippen LogP contribution is -2.59. The fourth-order valence-electron chi connectivity index (χ4n) is 1.51. The monoisotopic (exact) mass is 474 g/mol. The number of hydrogen-bond acceptors (Lipinski definition) is 4. The molecule has 186 valence electrons. The first-order valence-electron chi connectivity index (χ1n) is 9.48. The van der Waals surface area contributed by atoms with E-state index in [2.05, 4.69) is 4.74 Å². The van der Waals surface area contributed by atoms with Gasteiger partial charge in [-0.2, -0.15) is 26.3 Å². The highest BCUT2D eigenvalue weighted by atomic mass is 19.4. The van der Waals surface area contributed by atoms with E-state index in [1.54, 1.807) is 0 Å². The zero-order chi connectivity index (χ0) is 25.4. The third-order valence-electron chi connectivity index (χ3n) is 3.98. The summed E-state index contributed by atoms with van der Waals surface area (Å²) in [5.41, 5.74) is -0.347. The Hall–Kier alpha value is -1.62. The highest BCUT2D eigenvalue weighted by molar-refractivity contribution is 5.72. The minimum Gasteiger partial charge on any atom is -0.460 e. The van der Waals surface area contributed by atoms with Gasteiger partial charge in [0.25, 0.3) is 0 Å². The molecule has 0 aliphatic heterocycles. The molecule has 0 aromatic carbocycles. The Morgan fingerprint density at radius 2 is 1.19 bits per heavy atom. The molecular weight excluding hydrogens is 444 g/mol. The maximum Gasteiger partial charge on any atom is 0.381 e. The molecule has 0 bridgehead atoms. The summed E-state index contributed by atoms with van der Waals surface area (Å²) in [5.74, 6) is -20.5. The molecule has 2 unspecified atom stereocenters. The summed E-state index contributed by atoms with van der Waals surface area (Å²) in [6.45, 7) is 9.79. The van der Waals surface area contributed by atoms with Crippen molar-refractivity contribution in [3.05, 3.63) is 0 Å². The predicted octanol–water partition coefficient (Wildman–Crippen LogP) is 6.12. The Bertz CT molecular complexity index is 574. The van der Waals surface area contributed by atoms with Crippen molar-refractivity contribution in [3.63, 3.8) is 0 Å². The Morgan fingerprint density at radius 3 is 1.52 bits per heavy atom. The lowest BCUT2D eigenvalue weighted by molar-refractivity contribution is -0.344. The van der Waals surface area contributed by atoms with E-state index >= 15 is 0 Å². The van der Waals surface area contributed by atoms with E-state index in [0.29, 0.717) is 0 Å². The van der Waals surface area contributed by atoms with Crippen LogP contribution in [0.4, 0.5) is 35.1 Å². The van der Waals surface area contributed by atoms with Gasteiger partial charge in [-0.05, 0) is 33.6 Å². The van der Waals surface area contributed by atoms with Crippen LogP contribution in [0.15, 0.2) is 0 Å². The van der Waals surface area contributed by atoms with Crippen molar-refractivity contribution in [1.29, 1.82) is 0 Å². The van der Waals surface area contributed by atoms with Crippen molar-refractivity contribution in [2.75, 3.05) is 6.61 Å². The van der Waals surface area contributed by atoms with Gasteiger partial charge in [-0.15, -0.1) is 0 Å². The van der Waals surface area contributed by atoms with Crippen molar-refractivity contribution >= 4 is 11.9 Å². The normalized spacial score (nSPS) is 15.0. The number of alkyl halides is 8. The van der Waals surface area contributed by atoms with Crippen LogP contribution in [0.3, 0.4) is 0 Å². The van der Waals surface area contributed by atoms with Crippen molar-refractivity contribution < 1.29 is 54.2 Å². The molecule has 0 saturated carbocycles. The Morgan fingerprint density at radius 1 is 0.806 bits per heavy atom. The van der Waals surface area contributed by atoms with Crippen molar-refractivity contribution in [2.45, 2.75) is 91.1 Å². The van der Waals surface area contributed by atoms with Gasteiger partial charge in [0.2, 0.25) is 0 Å². The highest BCUT2D eigenvalue weighted by Gasteiger charge is 2.75. The molecule has 4 nitrogen and oxygen atoms in total. The van der Waals surface area contributed by atoms with Gasteiger partial charge in [0.1, 0.15) is 5.60 Å². The first-order chi connectivity index (χ1) is 13.7. The molecule has 31 heavy (non-hydrogen) atoms. The van der Waals surface area contributed by atoms with Gasteiger partial charge in [-0.1, -0.05) is 27.7 Å². The zero-order valence-corrected chi connectivity index (χ0v) is 18.5. The lowest BCUT2D eigenvalue weighted by atomic mass is 10.1. The third-order valence-corrected chi connectivity index (χ3v) is 3.98. The number of carbonyl (C=O) groups excluding carboxylic acids is 2. The number of carbonyl (C=O) groups is 2. The molecule has 0 aromatic heterocycles. The first kappa shape index (κ1) is 31.6. The van der Waals surface area contributed by atoms with Crippen molar-refractivity contribution in [1.82, 2.24) is 0 Å². The Balaban J connectivity index is 0. The van der Waals surface area contributed by atoms with Crippen LogP contribution >= 0.6 is 0 Å². The maximum atomic E-state index is 12.9. The average Bonchev–Trinajstić information content (AvgIpc) is 2.63. The Labute approximate surface area is 176 Å². The van der Waals surface area contributed by atoms with E-state index in [0.717, 1.165) is 6.42 Å². The summed E-state index contributed by atoms with van der Waals surface area (Å²) in [6.07, 6.45) is -4.02. The summed E-state index contributed by atoms with van der Waals surface area (Å²) >= 11 is 0. The first-order valence-corrected chi connectivity index (χ1v) is 9.48. The van der Waals surface area contributed by atoms with Crippen LogP contribution in [0.1, 0.15) is 61.3 Å². The number of halogens is 8. The number of esters is 2. The van der Waals surface area contributed by atoms with Gasteiger partial charge in [0.15, 0.2) is 6.61 Å². The maximum absolute atomic E-state index is 12.9. The largest absolute Gasteiger partial charge is 0.460 e. The average molecular weight is 474 g/mol. The van der Waals surface area contributed by atoms with Gasteiger partial charge < -0.3 is 9.47 Å². The molecule has 0 radical (unpaired) electrons. The summed E-state index contributed by atoms with van der Waals surface area (Å²) in [6, 6.07) is 0. The molecule has 0 aliphatic rings. The minimum absolute atomic E-state index is 0.0224. The van der Waals surface area contributed by atoms with E-state index in [9.17, 15) is 44.7 Å². The second kappa shape index (κ2) is 11.8. The molecular formula is C19H30F8O4. The van der Waals surface area contributed by atoms with E-state index < -0.39 is 42.7 Å². The second-order valence-corrected chi connectivity index (χ2v) is 7.96. The Kier molecular flexibility index (Phi) is 12.1. The van der Waals surface area contributed by atoms with Crippen molar-refractivity contribution in [2.24, 2.45) is 11.8 Å². The molecule has 0 N–H and O–H groups in total. The number of hydrogen-bond donors (Lipinski definition) is 0. The molecule has 0 fully saturated rings. The summed E-state index contributed by atoms with van der Waals surface area (Å²) in [4.78, 5) is 22.2. The van der Waals surface area contributed by atoms with Gasteiger partial charge in [0.05, 0.1) is 11.8 Å². The van der Waals surface area contributed by atoms with E-state index in [1.165, 1.54) is 13.8 Å². The molecule has 0 amide bonds. The highest BCUT2D eigenvalue weighted by Crippen LogP contribution is 2.48. The van der Waals surface area contributed by atoms with Crippen LogP contribution in [0.25, 0.3) is 0 Å². The van der Waals surface area contributed by atoms with Crippen LogP contribution < -0.4 is 0 Å². The van der Waals surface area contributed by atoms with Crippen LogP contribution in [-0.4, -0.2) is 48.3 Å². The number of rotatable bonds is 9. The minimum atomic E-state index is -6.36. The fourth-order valence-corrected chi connectivity index (χ4v) is 1.51.